The number of hydrogen-bond donors (Lipinski definition) is 4. The van der Waals surface area contributed by atoms with Crippen LogP contribution in [0.15, 0.2) is 36.5 Å². The summed E-state index contributed by atoms with van der Waals surface area (Å²) in [5.41, 5.74) is 10.4. The number of nitrogen functional groups attached to an aromatic ring is 1. The Morgan fingerprint density at radius 3 is 2.42 bits per heavy atom. The molecule has 6 N–H and O–H groups in total. The van der Waals surface area contributed by atoms with E-state index in [0.717, 1.165) is 12.1 Å². The first kappa shape index (κ1) is 24.2. The number of nitrogens with two attached hydrogens (primary N) is 2. The van der Waals surface area contributed by atoms with Crippen LogP contribution in [-0.2, 0) is 22.6 Å². The zero-order chi connectivity index (χ0) is 23.2. The fourth-order valence-electron chi connectivity index (χ4n) is 3.45. The Kier molecular flexibility index (Phi) is 8.01. The number of aliphatic hydroxyl groups excluding tert-OH is 1. The highest BCUT2D eigenvalue weighted by molar-refractivity contribution is 5.93. The molecule has 0 aliphatic carbocycles. The third-order valence-corrected chi connectivity index (χ3v) is 5.45. The van der Waals surface area contributed by atoms with Gasteiger partial charge < -0.3 is 21.9 Å². The monoisotopic (exact) mass is 435 g/mol. The number of carbonyl (C=O) groups is 2. The van der Waals surface area contributed by atoms with Crippen molar-refractivity contribution in [3.63, 3.8) is 0 Å². The molecule has 1 heterocycles. The maximum absolute atomic E-state index is 13.8. The molecule has 0 aliphatic heterocycles. The Morgan fingerprint density at radius 1 is 1.23 bits per heavy atom. The third kappa shape index (κ3) is 5.33. The van der Waals surface area contributed by atoms with E-state index in [-0.39, 0.29) is 18.5 Å². The highest BCUT2D eigenvalue weighted by atomic mass is 19.2. The first-order chi connectivity index (χ1) is 14.6. The topological polar surface area (TPSA) is 135 Å². The highest BCUT2D eigenvalue weighted by Crippen LogP contribution is 2.28. The predicted molar refractivity (Wildman–Crippen MR) is 111 cm³/mol. The predicted octanol–water partition coefficient (Wildman–Crippen LogP) is 0.585. The maximum atomic E-state index is 13.8. The molecule has 1 unspecified atom stereocenters. The quantitative estimate of drug-likeness (QED) is 0.431. The second-order valence-corrected chi connectivity index (χ2v) is 7.28. The number of aromatic nitrogens is 1. The molecule has 0 saturated carbocycles. The molecular formula is C21H27F2N5O3. The van der Waals surface area contributed by atoms with Crippen molar-refractivity contribution in [2.45, 2.75) is 25.4 Å². The molecule has 0 fully saturated rings. The summed E-state index contributed by atoms with van der Waals surface area (Å²) >= 11 is 0. The van der Waals surface area contributed by atoms with Crippen LogP contribution in [0.2, 0.25) is 0 Å². The number of likely N-dealkylation sites (N-methyl/N-ethyl adjacent to an activating group) is 1. The molecule has 1 aromatic carbocycles. The number of nitrogens with one attached hydrogen (secondary N) is 1. The van der Waals surface area contributed by atoms with Crippen LogP contribution in [-0.4, -0.2) is 52.5 Å². The van der Waals surface area contributed by atoms with E-state index in [4.69, 9.17) is 11.5 Å². The molecule has 0 spiro atoms. The summed E-state index contributed by atoms with van der Waals surface area (Å²) in [5.74, 6) is -4.47. The van der Waals surface area contributed by atoms with Crippen molar-refractivity contribution in [3.05, 3.63) is 59.3 Å². The largest absolute Gasteiger partial charge is 0.394 e. The van der Waals surface area contributed by atoms with E-state index >= 15 is 0 Å². The maximum Gasteiger partial charge on any atom is 0.241 e. The van der Waals surface area contributed by atoms with Gasteiger partial charge in [-0.2, -0.15) is 0 Å². The van der Waals surface area contributed by atoms with Crippen LogP contribution >= 0.6 is 0 Å². The van der Waals surface area contributed by atoms with Crippen molar-refractivity contribution < 1.29 is 23.5 Å². The molecule has 31 heavy (non-hydrogen) atoms. The lowest BCUT2D eigenvalue weighted by atomic mass is 9.77. The number of anilines is 1. The smallest absolute Gasteiger partial charge is 0.241 e. The molecule has 2 amide bonds. The lowest BCUT2D eigenvalue weighted by Crippen LogP contribution is -2.66. The minimum Gasteiger partial charge on any atom is -0.394 e. The van der Waals surface area contributed by atoms with Gasteiger partial charge in [0, 0.05) is 12.7 Å². The highest BCUT2D eigenvalue weighted by Gasteiger charge is 2.50. The normalized spacial score (nSPS) is 14.1. The summed E-state index contributed by atoms with van der Waals surface area (Å²) in [6.45, 7) is 1.38. The molecule has 0 saturated heterocycles. The number of primary amides is 1. The Morgan fingerprint density at radius 2 is 1.90 bits per heavy atom. The summed E-state index contributed by atoms with van der Waals surface area (Å²) in [4.78, 5) is 31.1. The zero-order valence-corrected chi connectivity index (χ0v) is 17.4. The standard InChI is InChI=1S/C21H27F2N5O3/c1-3-28(2)21(12-29,20(25)31)15(8-13-4-6-16(22)17(23)9-13)19(30)27-11-14-5-7-18(24)26-10-14/h4-7,9-10,15,29H,3,8,11-12H2,1-2H3,(H2,24,26)(H2,25,31)(H,27,30)/t15-,21?/m1/s1. The number of pyridine rings is 1. The first-order valence-electron chi connectivity index (χ1n) is 9.69. The molecule has 2 aromatic rings. The average molecular weight is 435 g/mol. The Balaban J connectivity index is 2.41. The van der Waals surface area contributed by atoms with Gasteiger partial charge in [0.15, 0.2) is 11.6 Å². The van der Waals surface area contributed by atoms with Gasteiger partial charge in [0.25, 0.3) is 0 Å². The third-order valence-electron chi connectivity index (χ3n) is 5.45. The van der Waals surface area contributed by atoms with Crippen LogP contribution in [0, 0.1) is 17.6 Å². The molecule has 168 valence electrons. The van der Waals surface area contributed by atoms with Gasteiger partial charge >= 0.3 is 0 Å². The molecule has 0 aliphatic rings. The number of nitrogens with zero attached hydrogens (tertiary/aromatic N) is 2. The molecule has 0 radical (unpaired) electrons. The van der Waals surface area contributed by atoms with Crippen molar-refractivity contribution in [2.24, 2.45) is 11.7 Å². The fourth-order valence-corrected chi connectivity index (χ4v) is 3.45. The second-order valence-electron chi connectivity index (χ2n) is 7.28. The first-order valence-corrected chi connectivity index (χ1v) is 9.69. The van der Waals surface area contributed by atoms with Gasteiger partial charge in [0.2, 0.25) is 11.8 Å². The summed E-state index contributed by atoms with van der Waals surface area (Å²) in [6.07, 6.45) is 1.34. The van der Waals surface area contributed by atoms with E-state index in [1.807, 2.05) is 0 Å². The van der Waals surface area contributed by atoms with Gasteiger partial charge in [-0.1, -0.05) is 19.1 Å². The summed E-state index contributed by atoms with van der Waals surface area (Å²) in [7, 11) is 1.55. The minimum absolute atomic E-state index is 0.0799. The molecule has 1 aromatic heterocycles. The SMILES string of the molecule is CCN(C)C(CO)(C(N)=O)[C@H](Cc1ccc(F)c(F)c1)C(=O)NCc1ccc(N)nc1. The van der Waals surface area contributed by atoms with Gasteiger partial charge in [0.05, 0.1) is 12.5 Å². The summed E-state index contributed by atoms with van der Waals surface area (Å²) < 4.78 is 27.1. The van der Waals surface area contributed by atoms with E-state index in [2.05, 4.69) is 10.3 Å². The van der Waals surface area contributed by atoms with E-state index in [0.29, 0.717) is 17.9 Å². The van der Waals surface area contributed by atoms with Crippen LogP contribution in [0.1, 0.15) is 18.1 Å². The van der Waals surface area contributed by atoms with Gasteiger partial charge in [-0.05, 0) is 49.3 Å². The Hall–Kier alpha value is -3.11. The van der Waals surface area contributed by atoms with Crippen molar-refractivity contribution in [3.8, 4) is 0 Å². The van der Waals surface area contributed by atoms with Gasteiger partial charge in [-0.25, -0.2) is 13.8 Å². The van der Waals surface area contributed by atoms with Crippen LogP contribution < -0.4 is 16.8 Å². The second kappa shape index (κ2) is 10.3. The van der Waals surface area contributed by atoms with E-state index in [1.165, 1.54) is 17.2 Å². The van der Waals surface area contributed by atoms with Crippen molar-refractivity contribution in [2.75, 3.05) is 25.9 Å². The average Bonchev–Trinajstić information content (AvgIpc) is 2.75. The molecule has 0 bridgehead atoms. The summed E-state index contributed by atoms with van der Waals surface area (Å²) in [5, 5.41) is 12.9. The van der Waals surface area contributed by atoms with Gasteiger partial charge in [-0.3, -0.25) is 14.5 Å². The molecule has 2 atom stereocenters. The number of carbonyl (C=O) groups excluding carboxylic acids is 2. The Bertz CT molecular complexity index is 926. The van der Waals surface area contributed by atoms with Crippen molar-refractivity contribution >= 4 is 17.6 Å². The van der Waals surface area contributed by atoms with Crippen LogP contribution in [0.3, 0.4) is 0 Å². The van der Waals surface area contributed by atoms with Crippen molar-refractivity contribution in [1.29, 1.82) is 0 Å². The lowest BCUT2D eigenvalue weighted by Gasteiger charge is -2.42. The van der Waals surface area contributed by atoms with E-state index in [9.17, 15) is 23.5 Å². The van der Waals surface area contributed by atoms with E-state index in [1.54, 1.807) is 26.1 Å². The lowest BCUT2D eigenvalue weighted by molar-refractivity contribution is -0.146. The van der Waals surface area contributed by atoms with Gasteiger partial charge in [0.1, 0.15) is 11.4 Å². The van der Waals surface area contributed by atoms with Crippen molar-refractivity contribution in [1.82, 2.24) is 15.2 Å². The number of amides is 2. The van der Waals surface area contributed by atoms with Crippen LogP contribution in [0.4, 0.5) is 14.6 Å². The Labute approximate surface area is 179 Å². The fraction of sp³-hybridized carbons (Fsp3) is 0.381. The molecular weight excluding hydrogens is 408 g/mol. The number of hydrogen-bond acceptors (Lipinski definition) is 6. The number of aliphatic hydroxyl groups is 1. The van der Waals surface area contributed by atoms with E-state index < -0.39 is 41.5 Å². The summed E-state index contributed by atoms with van der Waals surface area (Å²) in [6, 6.07) is 6.46. The van der Waals surface area contributed by atoms with Gasteiger partial charge in [-0.15, -0.1) is 0 Å². The number of benzene rings is 1. The zero-order valence-electron chi connectivity index (χ0n) is 17.4. The minimum atomic E-state index is -1.76. The number of rotatable bonds is 10. The van der Waals surface area contributed by atoms with Crippen LogP contribution in [0.5, 0.6) is 0 Å². The molecule has 2 rings (SSSR count). The molecule has 10 heteroatoms. The number of halogens is 2. The molecule has 8 nitrogen and oxygen atoms in total. The van der Waals surface area contributed by atoms with Crippen LogP contribution in [0.25, 0.3) is 0 Å².